The maximum atomic E-state index is 11.1. The molecule has 4 heteroatoms. The van der Waals surface area contributed by atoms with E-state index in [1.54, 1.807) is 6.92 Å². The summed E-state index contributed by atoms with van der Waals surface area (Å²) in [6, 6.07) is 7.91. The van der Waals surface area contributed by atoms with E-state index in [1.165, 1.54) is 0 Å². The highest BCUT2D eigenvalue weighted by Gasteiger charge is 2.02. The number of carbonyl (C=O) groups excluding carboxylic acids is 1. The fraction of sp³-hybridized carbons (Fsp3) is 0.357. The summed E-state index contributed by atoms with van der Waals surface area (Å²) >= 11 is 0. The number of H-pyrrole nitrogens is 1. The topological polar surface area (TPSA) is 51.3 Å². The van der Waals surface area contributed by atoms with Gasteiger partial charge in [-0.3, -0.25) is 4.79 Å². The highest BCUT2D eigenvalue weighted by Crippen LogP contribution is 2.19. The summed E-state index contributed by atoms with van der Waals surface area (Å²) < 4.78 is 10.4. The number of aromatic amines is 1. The molecule has 0 saturated carbocycles. The van der Waals surface area contributed by atoms with Crippen molar-refractivity contribution in [2.24, 2.45) is 0 Å². The number of rotatable bonds is 6. The molecule has 2 aromatic rings. The Bertz CT molecular complexity index is 518. The Balaban J connectivity index is 1.77. The maximum absolute atomic E-state index is 11.1. The number of nitrogens with one attached hydrogen (secondary N) is 1. The first-order chi connectivity index (χ1) is 8.79. The quantitative estimate of drug-likeness (QED) is 0.630. The molecule has 1 aromatic heterocycles. The average Bonchev–Trinajstić information content (AvgIpc) is 2.82. The first kappa shape index (κ1) is 12.5. The summed E-state index contributed by atoms with van der Waals surface area (Å²) in [5.74, 6) is 0.648. The second-order valence-corrected chi connectivity index (χ2v) is 3.98. The van der Waals surface area contributed by atoms with Crippen LogP contribution in [0.3, 0.4) is 0 Å². The van der Waals surface area contributed by atoms with Gasteiger partial charge in [-0.25, -0.2) is 0 Å². The zero-order chi connectivity index (χ0) is 12.8. The first-order valence-electron chi connectivity index (χ1n) is 6.15. The van der Waals surface area contributed by atoms with Crippen molar-refractivity contribution in [3.05, 3.63) is 30.5 Å². The molecule has 0 amide bonds. The molecule has 0 aliphatic carbocycles. The zero-order valence-electron chi connectivity index (χ0n) is 10.4. The molecule has 0 bridgehead atoms. The Kier molecular flexibility index (Phi) is 4.23. The molecule has 0 unspecified atom stereocenters. The van der Waals surface area contributed by atoms with E-state index in [1.807, 2.05) is 30.5 Å². The van der Waals surface area contributed by atoms with Gasteiger partial charge in [0.25, 0.3) is 0 Å². The SMILES string of the molecule is CCOC(=O)CCCOc1ccc2cc[nH]c2c1. The predicted octanol–water partition coefficient (Wildman–Crippen LogP) is 2.89. The van der Waals surface area contributed by atoms with Gasteiger partial charge in [0, 0.05) is 24.2 Å². The largest absolute Gasteiger partial charge is 0.494 e. The summed E-state index contributed by atoms with van der Waals surface area (Å²) in [7, 11) is 0. The van der Waals surface area contributed by atoms with E-state index in [9.17, 15) is 4.79 Å². The first-order valence-corrected chi connectivity index (χ1v) is 6.15. The normalized spacial score (nSPS) is 10.5. The molecule has 2 rings (SSSR count). The summed E-state index contributed by atoms with van der Waals surface area (Å²) in [5, 5.41) is 1.16. The van der Waals surface area contributed by atoms with Crippen molar-refractivity contribution in [1.29, 1.82) is 0 Å². The van der Waals surface area contributed by atoms with Crippen LogP contribution in [0.15, 0.2) is 30.5 Å². The van der Waals surface area contributed by atoms with Gasteiger partial charge in [-0.15, -0.1) is 0 Å². The summed E-state index contributed by atoms with van der Waals surface area (Å²) in [5.41, 5.74) is 1.05. The molecule has 0 fully saturated rings. The van der Waals surface area contributed by atoms with Gasteiger partial charge < -0.3 is 14.5 Å². The van der Waals surface area contributed by atoms with Crippen molar-refractivity contribution in [3.8, 4) is 5.75 Å². The Hall–Kier alpha value is -1.97. The van der Waals surface area contributed by atoms with Crippen LogP contribution in [0, 0.1) is 0 Å². The molecule has 0 radical (unpaired) electrons. The molecule has 18 heavy (non-hydrogen) atoms. The fourth-order valence-electron chi connectivity index (χ4n) is 1.76. The second-order valence-electron chi connectivity index (χ2n) is 3.98. The van der Waals surface area contributed by atoms with Crippen molar-refractivity contribution < 1.29 is 14.3 Å². The number of carbonyl (C=O) groups is 1. The fourth-order valence-corrected chi connectivity index (χ4v) is 1.76. The van der Waals surface area contributed by atoms with Gasteiger partial charge in [0.15, 0.2) is 0 Å². The van der Waals surface area contributed by atoms with Crippen LogP contribution in [-0.2, 0) is 9.53 Å². The molecule has 0 saturated heterocycles. The number of aromatic nitrogens is 1. The van der Waals surface area contributed by atoms with Crippen LogP contribution >= 0.6 is 0 Å². The van der Waals surface area contributed by atoms with E-state index in [0.717, 1.165) is 16.7 Å². The lowest BCUT2D eigenvalue weighted by molar-refractivity contribution is -0.143. The van der Waals surface area contributed by atoms with Crippen LogP contribution in [0.4, 0.5) is 0 Å². The average molecular weight is 247 g/mol. The number of esters is 1. The van der Waals surface area contributed by atoms with Crippen molar-refractivity contribution in [1.82, 2.24) is 4.98 Å². The molecular weight excluding hydrogens is 230 g/mol. The molecule has 4 nitrogen and oxygen atoms in total. The molecule has 0 atom stereocenters. The highest BCUT2D eigenvalue weighted by atomic mass is 16.5. The molecule has 1 heterocycles. The smallest absolute Gasteiger partial charge is 0.305 e. The van der Waals surface area contributed by atoms with E-state index in [0.29, 0.717) is 26.1 Å². The minimum absolute atomic E-state index is 0.166. The highest BCUT2D eigenvalue weighted by molar-refractivity contribution is 5.80. The van der Waals surface area contributed by atoms with Crippen LogP contribution in [-0.4, -0.2) is 24.2 Å². The minimum atomic E-state index is -0.166. The molecule has 1 aromatic carbocycles. The lowest BCUT2D eigenvalue weighted by Crippen LogP contribution is -2.06. The third-order valence-corrected chi connectivity index (χ3v) is 2.63. The van der Waals surface area contributed by atoms with Gasteiger partial charge in [0.1, 0.15) is 5.75 Å². The minimum Gasteiger partial charge on any atom is -0.494 e. The number of fused-ring (bicyclic) bond motifs is 1. The standard InChI is InChI=1S/C14H17NO3/c1-2-17-14(16)4-3-9-18-12-6-5-11-7-8-15-13(11)10-12/h5-8,10,15H,2-4,9H2,1H3. The Morgan fingerprint density at radius 3 is 3.06 bits per heavy atom. The summed E-state index contributed by atoms with van der Waals surface area (Å²) in [6.45, 7) is 2.76. The molecular formula is C14H17NO3. The van der Waals surface area contributed by atoms with Gasteiger partial charge in [-0.2, -0.15) is 0 Å². The van der Waals surface area contributed by atoms with Gasteiger partial charge in [0.05, 0.1) is 13.2 Å². The van der Waals surface area contributed by atoms with Crippen LogP contribution < -0.4 is 4.74 Å². The Morgan fingerprint density at radius 1 is 1.33 bits per heavy atom. The molecule has 1 N–H and O–H groups in total. The van der Waals surface area contributed by atoms with Crippen molar-refractivity contribution >= 4 is 16.9 Å². The predicted molar refractivity (Wildman–Crippen MR) is 69.7 cm³/mol. The zero-order valence-corrected chi connectivity index (χ0v) is 10.4. The van der Waals surface area contributed by atoms with Crippen molar-refractivity contribution in [2.45, 2.75) is 19.8 Å². The summed E-state index contributed by atoms with van der Waals surface area (Å²) in [6.07, 6.45) is 2.97. The van der Waals surface area contributed by atoms with Crippen molar-refractivity contribution in [3.63, 3.8) is 0 Å². The van der Waals surface area contributed by atoms with Crippen molar-refractivity contribution in [2.75, 3.05) is 13.2 Å². The van der Waals surface area contributed by atoms with E-state index >= 15 is 0 Å². The van der Waals surface area contributed by atoms with Crippen LogP contribution in [0.25, 0.3) is 10.9 Å². The lowest BCUT2D eigenvalue weighted by atomic mass is 10.2. The van der Waals surface area contributed by atoms with Gasteiger partial charge in [-0.05, 0) is 36.9 Å². The van der Waals surface area contributed by atoms with Gasteiger partial charge >= 0.3 is 5.97 Å². The van der Waals surface area contributed by atoms with E-state index < -0.39 is 0 Å². The maximum Gasteiger partial charge on any atom is 0.305 e. The Labute approximate surface area is 106 Å². The van der Waals surface area contributed by atoms with Crippen LogP contribution in [0.2, 0.25) is 0 Å². The number of benzene rings is 1. The number of hydrogen-bond donors (Lipinski definition) is 1. The van der Waals surface area contributed by atoms with E-state index in [-0.39, 0.29) is 5.97 Å². The van der Waals surface area contributed by atoms with Crippen LogP contribution in [0.1, 0.15) is 19.8 Å². The third-order valence-electron chi connectivity index (χ3n) is 2.63. The summed E-state index contributed by atoms with van der Waals surface area (Å²) in [4.78, 5) is 14.2. The number of ether oxygens (including phenoxy) is 2. The lowest BCUT2D eigenvalue weighted by Gasteiger charge is -2.06. The van der Waals surface area contributed by atoms with Gasteiger partial charge in [0.2, 0.25) is 0 Å². The van der Waals surface area contributed by atoms with Gasteiger partial charge in [-0.1, -0.05) is 0 Å². The molecule has 0 aliphatic heterocycles. The Morgan fingerprint density at radius 2 is 2.22 bits per heavy atom. The number of hydrogen-bond acceptors (Lipinski definition) is 3. The molecule has 0 aliphatic rings. The third kappa shape index (κ3) is 3.26. The van der Waals surface area contributed by atoms with E-state index in [4.69, 9.17) is 9.47 Å². The second kappa shape index (κ2) is 6.10. The van der Waals surface area contributed by atoms with E-state index in [2.05, 4.69) is 4.98 Å². The van der Waals surface area contributed by atoms with Crippen LogP contribution in [0.5, 0.6) is 5.75 Å². The molecule has 0 spiro atoms. The molecule has 96 valence electrons. The monoisotopic (exact) mass is 247 g/mol.